The van der Waals surface area contributed by atoms with Crippen LogP contribution in [0.4, 0.5) is 0 Å². The summed E-state index contributed by atoms with van der Waals surface area (Å²) >= 11 is 5.63. The molecule has 11 heavy (non-hydrogen) atoms. The predicted molar refractivity (Wildman–Crippen MR) is 41.3 cm³/mol. The summed E-state index contributed by atoms with van der Waals surface area (Å²) in [6, 6.07) is 0. The fourth-order valence-corrected chi connectivity index (χ4v) is 1.02. The zero-order valence-corrected chi connectivity index (χ0v) is 6.58. The number of halogens is 1. The predicted octanol–water partition coefficient (Wildman–Crippen LogP) is 1.02. The van der Waals surface area contributed by atoms with Gasteiger partial charge in [-0.3, -0.25) is 0 Å². The Morgan fingerprint density at radius 1 is 1.45 bits per heavy atom. The van der Waals surface area contributed by atoms with Crippen molar-refractivity contribution in [3.8, 4) is 0 Å². The molecule has 0 aliphatic heterocycles. The summed E-state index contributed by atoms with van der Waals surface area (Å²) in [6.07, 6.45) is 3.16. The van der Waals surface area contributed by atoms with E-state index in [2.05, 4.69) is 15.1 Å². The van der Waals surface area contributed by atoms with Crippen LogP contribution < -0.4 is 0 Å². The molecule has 5 heteroatoms. The number of rotatable bonds is 0. The molecule has 0 saturated heterocycles. The van der Waals surface area contributed by atoms with Gasteiger partial charge in [-0.1, -0.05) is 11.6 Å². The van der Waals surface area contributed by atoms with Gasteiger partial charge in [0.05, 0.1) is 12.4 Å². The average Bonchev–Trinajstić information content (AvgIpc) is 2.33. The Hall–Kier alpha value is -1.16. The SMILES string of the molecule is Cn1ncc2ncc(Cl)nc21. The molecule has 56 valence electrons. The molecule has 2 rings (SSSR count). The van der Waals surface area contributed by atoms with Crippen LogP contribution in [0.3, 0.4) is 0 Å². The van der Waals surface area contributed by atoms with Crippen molar-refractivity contribution in [3.63, 3.8) is 0 Å². The maximum Gasteiger partial charge on any atom is 0.178 e. The van der Waals surface area contributed by atoms with E-state index in [9.17, 15) is 0 Å². The van der Waals surface area contributed by atoms with E-state index in [1.165, 1.54) is 6.20 Å². The van der Waals surface area contributed by atoms with Crippen LogP contribution in [0.2, 0.25) is 5.15 Å². The normalized spacial score (nSPS) is 10.7. The van der Waals surface area contributed by atoms with E-state index < -0.39 is 0 Å². The lowest BCUT2D eigenvalue weighted by Crippen LogP contribution is -1.91. The molecule has 2 aromatic heterocycles. The van der Waals surface area contributed by atoms with Crippen LogP contribution >= 0.6 is 11.6 Å². The molecule has 0 N–H and O–H groups in total. The standard InChI is InChI=1S/C6H5ClN4/c1-11-6-4(2-9-11)8-3-5(7)10-6/h2-3H,1H3. The Morgan fingerprint density at radius 3 is 3.09 bits per heavy atom. The Labute approximate surface area is 67.8 Å². The van der Waals surface area contributed by atoms with Gasteiger partial charge < -0.3 is 0 Å². The third kappa shape index (κ3) is 0.952. The highest BCUT2D eigenvalue weighted by Gasteiger charge is 2.01. The van der Waals surface area contributed by atoms with Gasteiger partial charge in [-0.25, -0.2) is 14.6 Å². The number of fused-ring (bicyclic) bond motifs is 1. The molecule has 0 atom stereocenters. The van der Waals surface area contributed by atoms with E-state index in [0.29, 0.717) is 10.8 Å². The Bertz CT molecular complexity index is 394. The minimum atomic E-state index is 0.390. The third-order valence-electron chi connectivity index (χ3n) is 1.41. The lowest BCUT2D eigenvalue weighted by Gasteiger charge is -1.91. The largest absolute Gasteiger partial charge is 0.249 e. The molecule has 0 unspecified atom stereocenters. The first-order valence-electron chi connectivity index (χ1n) is 3.07. The smallest absolute Gasteiger partial charge is 0.178 e. The lowest BCUT2D eigenvalue weighted by molar-refractivity contribution is 0.786. The Morgan fingerprint density at radius 2 is 2.27 bits per heavy atom. The van der Waals surface area contributed by atoms with Crippen molar-refractivity contribution >= 4 is 22.8 Å². The summed E-state index contributed by atoms with van der Waals surface area (Å²) < 4.78 is 1.63. The van der Waals surface area contributed by atoms with E-state index in [0.717, 1.165) is 5.52 Å². The summed E-state index contributed by atoms with van der Waals surface area (Å²) in [5.74, 6) is 0. The van der Waals surface area contributed by atoms with E-state index >= 15 is 0 Å². The molecule has 0 aromatic carbocycles. The first-order chi connectivity index (χ1) is 5.27. The van der Waals surface area contributed by atoms with Gasteiger partial charge in [0.2, 0.25) is 0 Å². The molecule has 0 radical (unpaired) electrons. The molecule has 0 saturated carbocycles. The molecule has 0 amide bonds. The van der Waals surface area contributed by atoms with E-state index in [1.807, 2.05) is 0 Å². The van der Waals surface area contributed by atoms with Gasteiger partial charge in [-0.15, -0.1) is 0 Å². The second-order valence-electron chi connectivity index (χ2n) is 2.17. The third-order valence-corrected chi connectivity index (χ3v) is 1.59. The molecule has 0 bridgehead atoms. The highest BCUT2D eigenvalue weighted by molar-refractivity contribution is 6.29. The fraction of sp³-hybridized carbons (Fsp3) is 0.167. The molecule has 2 heterocycles. The molecule has 4 nitrogen and oxygen atoms in total. The highest BCUT2D eigenvalue weighted by Crippen LogP contribution is 2.09. The minimum Gasteiger partial charge on any atom is -0.249 e. The van der Waals surface area contributed by atoms with Crippen LogP contribution in [-0.2, 0) is 7.05 Å². The van der Waals surface area contributed by atoms with E-state index in [-0.39, 0.29) is 0 Å². The average molecular weight is 169 g/mol. The highest BCUT2D eigenvalue weighted by atomic mass is 35.5. The number of aryl methyl sites for hydroxylation is 1. The summed E-state index contributed by atoms with van der Waals surface area (Å²) in [5.41, 5.74) is 1.47. The van der Waals surface area contributed by atoms with Crippen molar-refractivity contribution in [1.29, 1.82) is 0 Å². The van der Waals surface area contributed by atoms with Crippen molar-refractivity contribution in [1.82, 2.24) is 19.7 Å². The maximum atomic E-state index is 5.63. The van der Waals surface area contributed by atoms with Gasteiger partial charge in [0.15, 0.2) is 5.65 Å². The quantitative estimate of drug-likeness (QED) is 0.590. The molecule has 0 aliphatic carbocycles. The van der Waals surface area contributed by atoms with Crippen LogP contribution in [0.1, 0.15) is 0 Å². The molecular formula is C6H5ClN4. The Kier molecular flexibility index (Phi) is 1.29. The molecule has 2 aromatic rings. The van der Waals surface area contributed by atoms with Crippen LogP contribution in [0.15, 0.2) is 12.4 Å². The summed E-state index contributed by atoms with van der Waals surface area (Å²) in [4.78, 5) is 8.06. The number of nitrogens with zero attached hydrogens (tertiary/aromatic N) is 4. The second kappa shape index (κ2) is 2.17. The van der Waals surface area contributed by atoms with E-state index in [1.54, 1.807) is 17.9 Å². The summed E-state index contributed by atoms with van der Waals surface area (Å²) in [7, 11) is 1.80. The first-order valence-corrected chi connectivity index (χ1v) is 3.45. The van der Waals surface area contributed by atoms with Crippen molar-refractivity contribution in [2.75, 3.05) is 0 Å². The van der Waals surface area contributed by atoms with Gasteiger partial charge in [0.25, 0.3) is 0 Å². The van der Waals surface area contributed by atoms with Crippen molar-refractivity contribution < 1.29 is 0 Å². The lowest BCUT2D eigenvalue weighted by atomic mass is 10.5. The van der Waals surface area contributed by atoms with Crippen molar-refractivity contribution in [2.24, 2.45) is 7.05 Å². The van der Waals surface area contributed by atoms with Crippen LogP contribution in [0.5, 0.6) is 0 Å². The molecule has 0 spiro atoms. The van der Waals surface area contributed by atoms with Gasteiger partial charge in [0.1, 0.15) is 10.7 Å². The van der Waals surface area contributed by atoms with Crippen LogP contribution in [-0.4, -0.2) is 19.7 Å². The number of hydrogen-bond acceptors (Lipinski definition) is 3. The number of aromatic nitrogens is 4. The molecule has 0 fully saturated rings. The van der Waals surface area contributed by atoms with Gasteiger partial charge in [0, 0.05) is 7.05 Å². The monoisotopic (exact) mass is 168 g/mol. The summed E-state index contributed by atoms with van der Waals surface area (Å²) in [6.45, 7) is 0. The fourth-order valence-electron chi connectivity index (χ4n) is 0.893. The Balaban J connectivity index is 2.87. The van der Waals surface area contributed by atoms with Gasteiger partial charge >= 0.3 is 0 Å². The minimum absolute atomic E-state index is 0.390. The van der Waals surface area contributed by atoms with Gasteiger partial charge in [-0.05, 0) is 0 Å². The zero-order chi connectivity index (χ0) is 7.84. The molecular weight excluding hydrogens is 164 g/mol. The second-order valence-corrected chi connectivity index (χ2v) is 2.56. The van der Waals surface area contributed by atoms with Crippen molar-refractivity contribution in [2.45, 2.75) is 0 Å². The van der Waals surface area contributed by atoms with Crippen molar-refractivity contribution in [3.05, 3.63) is 17.5 Å². The maximum absolute atomic E-state index is 5.63. The topological polar surface area (TPSA) is 43.6 Å². The van der Waals surface area contributed by atoms with Gasteiger partial charge in [-0.2, -0.15) is 5.10 Å². The first kappa shape index (κ1) is 6.54. The zero-order valence-electron chi connectivity index (χ0n) is 5.82. The van der Waals surface area contributed by atoms with Crippen LogP contribution in [0.25, 0.3) is 11.2 Å². The van der Waals surface area contributed by atoms with E-state index in [4.69, 9.17) is 11.6 Å². The van der Waals surface area contributed by atoms with Crippen LogP contribution in [0, 0.1) is 0 Å². The summed E-state index contributed by atoms with van der Waals surface area (Å²) in [5, 5.41) is 4.36. The number of hydrogen-bond donors (Lipinski definition) is 0. The molecule has 0 aliphatic rings.